The van der Waals surface area contributed by atoms with Crippen LogP contribution in [-0.4, -0.2) is 45.4 Å². The van der Waals surface area contributed by atoms with Crippen molar-refractivity contribution in [1.82, 2.24) is 4.90 Å². The van der Waals surface area contributed by atoms with Gasteiger partial charge in [0.05, 0.1) is 17.5 Å². The highest BCUT2D eigenvalue weighted by molar-refractivity contribution is 9.12. The number of carbonyl (C=O) groups excluding carboxylic acids is 3. The van der Waals surface area contributed by atoms with Crippen LogP contribution in [0.4, 0.5) is 5.69 Å². The Hall–Kier alpha value is -1.21. The van der Waals surface area contributed by atoms with Gasteiger partial charge < -0.3 is 4.90 Å². The Morgan fingerprint density at radius 2 is 1.39 bits per heavy atom. The van der Waals surface area contributed by atoms with E-state index in [0.717, 1.165) is 32.4 Å². The Morgan fingerprint density at radius 1 is 0.857 bits per heavy atom. The molecule has 148 valence electrons. The lowest BCUT2D eigenvalue weighted by molar-refractivity contribution is -0.123. The zero-order chi connectivity index (χ0) is 19.6. The predicted octanol–water partition coefficient (Wildman–Crippen LogP) is 3.60. The van der Waals surface area contributed by atoms with E-state index in [9.17, 15) is 14.4 Å². The summed E-state index contributed by atoms with van der Waals surface area (Å²) in [6.45, 7) is 1.61. The predicted molar refractivity (Wildman–Crippen MR) is 113 cm³/mol. The second kappa shape index (κ2) is 6.94. The monoisotopic (exact) mass is 508 g/mol. The van der Waals surface area contributed by atoms with Crippen LogP contribution in [0.15, 0.2) is 24.3 Å². The van der Waals surface area contributed by atoms with E-state index < -0.39 is 0 Å². The first-order valence-corrected chi connectivity index (χ1v) is 11.9. The fraction of sp³-hybridized carbons (Fsp3) is 0.571. The summed E-state index contributed by atoms with van der Waals surface area (Å²) >= 11 is 7.43. The molecule has 2 saturated heterocycles. The standard InChI is InChI=1S/C21H22Br2N2O3/c22-17-13-10-14(18(17)23)16-15(13)20(27)25(21(16)28)12-6-4-11(5-7-12)19(26)24-8-2-1-3-9-24/h4-7,13-18H,1-3,8-10H2/t13-,14+,15-,16-,17-,18+/m0/s1. The molecule has 5 nitrogen and oxygen atoms in total. The molecule has 1 aromatic carbocycles. The summed E-state index contributed by atoms with van der Waals surface area (Å²) in [6, 6.07) is 6.98. The maximum atomic E-state index is 13.1. The molecule has 0 spiro atoms. The summed E-state index contributed by atoms with van der Waals surface area (Å²) < 4.78 is 0. The molecule has 5 rings (SSSR count). The number of halogens is 2. The number of imide groups is 1. The highest BCUT2D eigenvalue weighted by Crippen LogP contribution is 2.60. The normalized spacial score (nSPS) is 36.9. The molecule has 6 atom stereocenters. The van der Waals surface area contributed by atoms with Gasteiger partial charge in [-0.05, 0) is 61.8 Å². The molecule has 4 aliphatic rings. The van der Waals surface area contributed by atoms with Crippen molar-refractivity contribution in [3.63, 3.8) is 0 Å². The van der Waals surface area contributed by atoms with Gasteiger partial charge in [-0.25, -0.2) is 0 Å². The molecule has 2 aliphatic heterocycles. The SMILES string of the molecule is O=C(c1ccc(N2C(=O)[C@H]3[C@@H]4C[C@@H]([C@@H](Br)[C@H]4Br)[C@@H]3C2=O)cc1)N1CCCCC1. The molecule has 4 fully saturated rings. The summed E-state index contributed by atoms with van der Waals surface area (Å²) in [4.78, 5) is 42.6. The molecule has 0 radical (unpaired) electrons. The lowest BCUT2D eigenvalue weighted by Crippen LogP contribution is -2.37. The number of nitrogens with zero attached hydrogens (tertiary/aromatic N) is 2. The number of fused-ring (bicyclic) bond motifs is 5. The minimum atomic E-state index is -0.217. The zero-order valence-electron chi connectivity index (χ0n) is 15.4. The van der Waals surface area contributed by atoms with Crippen LogP contribution in [-0.2, 0) is 9.59 Å². The van der Waals surface area contributed by atoms with Gasteiger partial charge in [0.1, 0.15) is 0 Å². The Labute approximate surface area is 181 Å². The fourth-order valence-corrected chi connectivity index (χ4v) is 7.51. The van der Waals surface area contributed by atoms with Crippen LogP contribution in [0.2, 0.25) is 0 Å². The zero-order valence-corrected chi connectivity index (χ0v) is 18.6. The maximum Gasteiger partial charge on any atom is 0.253 e. The van der Waals surface area contributed by atoms with Gasteiger partial charge in [-0.1, -0.05) is 31.9 Å². The molecule has 2 aliphatic carbocycles. The Balaban J connectivity index is 1.38. The van der Waals surface area contributed by atoms with Gasteiger partial charge in [0.15, 0.2) is 0 Å². The number of carbonyl (C=O) groups is 3. The molecule has 0 unspecified atom stereocenters. The van der Waals surface area contributed by atoms with E-state index in [0.29, 0.717) is 11.3 Å². The Bertz CT molecular complexity index is 805. The van der Waals surface area contributed by atoms with Crippen molar-refractivity contribution in [2.24, 2.45) is 23.7 Å². The topological polar surface area (TPSA) is 57.7 Å². The molecule has 0 N–H and O–H groups in total. The molecular weight excluding hydrogens is 488 g/mol. The highest BCUT2D eigenvalue weighted by Gasteiger charge is 2.66. The van der Waals surface area contributed by atoms with E-state index in [2.05, 4.69) is 31.9 Å². The average molecular weight is 510 g/mol. The molecule has 2 saturated carbocycles. The van der Waals surface area contributed by atoms with Crippen LogP contribution in [0.25, 0.3) is 0 Å². The molecule has 0 aromatic heterocycles. The quantitative estimate of drug-likeness (QED) is 0.452. The minimum absolute atomic E-state index is 0.0319. The summed E-state index contributed by atoms with van der Waals surface area (Å²) in [6.07, 6.45) is 4.20. The molecular formula is C21H22Br2N2O3. The van der Waals surface area contributed by atoms with Crippen LogP contribution in [0.1, 0.15) is 36.0 Å². The summed E-state index contributed by atoms with van der Waals surface area (Å²) in [5.41, 5.74) is 1.20. The molecule has 1 aromatic rings. The second-order valence-electron chi connectivity index (χ2n) is 8.42. The number of rotatable bonds is 2. The van der Waals surface area contributed by atoms with Gasteiger partial charge in [-0.15, -0.1) is 0 Å². The highest BCUT2D eigenvalue weighted by atomic mass is 79.9. The summed E-state index contributed by atoms with van der Waals surface area (Å²) in [5.74, 6) is -0.148. The molecule has 2 heterocycles. The number of hydrogen-bond donors (Lipinski definition) is 0. The van der Waals surface area contributed by atoms with Crippen molar-refractivity contribution in [2.75, 3.05) is 18.0 Å². The first kappa shape index (κ1) is 18.8. The van der Waals surface area contributed by atoms with E-state index in [1.807, 2.05) is 4.90 Å². The molecule has 7 heteroatoms. The number of likely N-dealkylation sites (tertiary alicyclic amines) is 1. The number of piperidine rings is 1. The van der Waals surface area contributed by atoms with Crippen LogP contribution >= 0.6 is 31.9 Å². The third-order valence-electron chi connectivity index (χ3n) is 7.00. The van der Waals surface area contributed by atoms with Gasteiger partial charge in [-0.3, -0.25) is 19.3 Å². The van der Waals surface area contributed by atoms with Crippen molar-refractivity contribution in [2.45, 2.75) is 35.3 Å². The largest absolute Gasteiger partial charge is 0.339 e. The van der Waals surface area contributed by atoms with Crippen molar-refractivity contribution < 1.29 is 14.4 Å². The maximum absolute atomic E-state index is 13.1. The molecule has 2 bridgehead atoms. The first-order valence-electron chi connectivity index (χ1n) is 10.0. The van der Waals surface area contributed by atoms with E-state index >= 15 is 0 Å². The van der Waals surface area contributed by atoms with E-state index in [-0.39, 0.29) is 51.0 Å². The lowest BCUT2D eigenvalue weighted by atomic mass is 9.81. The van der Waals surface area contributed by atoms with Gasteiger partial charge >= 0.3 is 0 Å². The van der Waals surface area contributed by atoms with E-state index in [1.54, 1.807) is 24.3 Å². The smallest absolute Gasteiger partial charge is 0.253 e. The number of alkyl halides is 2. The van der Waals surface area contributed by atoms with E-state index in [4.69, 9.17) is 0 Å². The van der Waals surface area contributed by atoms with E-state index in [1.165, 1.54) is 11.3 Å². The van der Waals surface area contributed by atoms with Crippen LogP contribution < -0.4 is 4.90 Å². The van der Waals surface area contributed by atoms with Crippen LogP contribution in [0.5, 0.6) is 0 Å². The Kier molecular flexibility index (Phi) is 4.66. The molecule has 3 amide bonds. The van der Waals surface area contributed by atoms with Gasteiger partial charge in [0, 0.05) is 28.3 Å². The summed E-state index contributed by atoms with van der Waals surface area (Å²) in [7, 11) is 0. The minimum Gasteiger partial charge on any atom is -0.339 e. The third-order valence-corrected chi connectivity index (χ3v) is 10.2. The van der Waals surface area contributed by atoms with Crippen molar-refractivity contribution >= 4 is 55.3 Å². The Morgan fingerprint density at radius 3 is 1.93 bits per heavy atom. The number of benzene rings is 1. The lowest BCUT2D eigenvalue weighted by Gasteiger charge is -2.28. The number of anilines is 1. The van der Waals surface area contributed by atoms with Crippen molar-refractivity contribution in [1.29, 1.82) is 0 Å². The van der Waals surface area contributed by atoms with Crippen molar-refractivity contribution in [3.8, 4) is 0 Å². The first-order chi connectivity index (χ1) is 13.5. The number of hydrogen-bond acceptors (Lipinski definition) is 3. The van der Waals surface area contributed by atoms with Gasteiger partial charge in [-0.2, -0.15) is 0 Å². The average Bonchev–Trinajstić information content (AvgIpc) is 3.33. The van der Waals surface area contributed by atoms with Crippen LogP contribution in [0, 0.1) is 23.7 Å². The van der Waals surface area contributed by atoms with Crippen LogP contribution in [0.3, 0.4) is 0 Å². The van der Waals surface area contributed by atoms with Gasteiger partial charge in [0.2, 0.25) is 11.8 Å². The third kappa shape index (κ3) is 2.65. The fourth-order valence-electron chi connectivity index (χ4n) is 5.64. The summed E-state index contributed by atoms with van der Waals surface area (Å²) in [5, 5.41) is 0. The number of amides is 3. The molecule has 28 heavy (non-hydrogen) atoms. The second-order valence-corrected chi connectivity index (χ2v) is 10.5. The van der Waals surface area contributed by atoms with Gasteiger partial charge in [0.25, 0.3) is 5.91 Å². The van der Waals surface area contributed by atoms with Crippen molar-refractivity contribution in [3.05, 3.63) is 29.8 Å².